The van der Waals surface area contributed by atoms with E-state index < -0.39 is 12.6 Å². The number of benzene rings is 2. The summed E-state index contributed by atoms with van der Waals surface area (Å²) in [6, 6.07) is 11.4. The predicted molar refractivity (Wildman–Crippen MR) is 100 cm³/mol. The molecule has 148 valence electrons. The van der Waals surface area contributed by atoms with Crippen molar-refractivity contribution in [2.24, 2.45) is 4.99 Å². The molecule has 0 aliphatic carbocycles. The van der Waals surface area contributed by atoms with Crippen molar-refractivity contribution in [2.75, 3.05) is 13.7 Å². The Balaban J connectivity index is 1.63. The molecule has 2 heterocycles. The molecule has 2 aromatic carbocycles. The van der Waals surface area contributed by atoms with E-state index >= 15 is 0 Å². The van der Waals surface area contributed by atoms with Crippen molar-refractivity contribution in [3.8, 4) is 17.2 Å². The van der Waals surface area contributed by atoms with Gasteiger partial charge in [0.25, 0.3) is 0 Å². The smallest absolute Gasteiger partial charge is 0.387 e. The molecule has 0 amide bonds. The third-order valence-corrected chi connectivity index (χ3v) is 4.23. The van der Waals surface area contributed by atoms with Crippen LogP contribution in [0.5, 0.6) is 17.2 Å². The number of nitrogens with zero attached hydrogens (tertiary/aromatic N) is 1. The van der Waals surface area contributed by atoms with Crippen molar-refractivity contribution in [2.45, 2.75) is 6.61 Å². The summed E-state index contributed by atoms with van der Waals surface area (Å²) in [5.74, 6) is 0.437. The molecule has 2 aliphatic heterocycles. The zero-order valence-corrected chi connectivity index (χ0v) is 15.2. The van der Waals surface area contributed by atoms with Gasteiger partial charge >= 0.3 is 12.6 Å². The molecule has 0 saturated heterocycles. The van der Waals surface area contributed by atoms with Gasteiger partial charge in [0, 0.05) is 11.6 Å². The zero-order chi connectivity index (χ0) is 20.4. The van der Waals surface area contributed by atoms with Crippen LogP contribution in [0.4, 0.5) is 8.78 Å². The fourth-order valence-corrected chi connectivity index (χ4v) is 2.91. The van der Waals surface area contributed by atoms with Gasteiger partial charge in [0.2, 0.25) is 5.90 Å². The maximum atomic E-state index is 12.6. The highest BCUT2D eigenvalue weighted by atomic mass is 19.3. The minimum atomic E-state index is -3.01. The Morgan fingerprint density at radius 1 is 1.21 bits per heavy atom. The number of aliphatic imine (C=N–C) groups is 1. The number of rotatable bonds is 5. The third-order valence-electron chi connectivity index (χ3n) is 4.23. The quantitative estimate of drug-likeness (QED) is 0.563. The molecule has 0 fully saturated rings. The lowest BCUT2D eigenvalue weighted by Crippen LogP contribution is -2.10. The molecule has 8 heteroatoms. The third kappa shape index (κ3) is 3.96. The topological polar surface area (TPSA) is 66.3 Å². The fourth-order valence-electron chi connectivity index (χ4n) is 2.91. The van der Waals surface area contributed by atoms with Crippen LogP contribution < -0.4 is 14.2 Å². The molecular weight excluding hydrogens is 384 g/mol. The van der Waals surface area contributed by atoms with Crippen molar-refractivity contribution in [3.63, 3.8) is 0 Å². The van der Waals surface area contributed by atoms with Gasteiger partial charge in [-0.3, -0.25) is 0 Å². The number of alkyl halides is 2. The monoisotopic (exact) mass is 399 g/mol. The second-order valence-corrected chi connectivity index (χ2v) is 6.12. The number of halogens is 2. The normalized spacial score (nSPS) is 16.7. The summed E-state index contributed by atoms with van der Waals surface area (Å²) in [5, 5.41) is 0. The van der Waals surface area contributed by atoms with E-state index in [1.807, 2.05) is 12.1 Å². The van der Waals surface area contributed by atoms with Crippen molar-refractivity contribution < 1.29 is 32.5 Å². The molecule has 0 bridgehead atoms. The Hall–Kier alpha value is -3.68. The first-order valence-corrected chi connectivity index (χ1v) is 8.61. The Morgan fingerprint density at radius 2 is 2.03 bits per heavy atom. The Kier molecular flexibility index (Phi) is 4.99. The Morgan fingerprint density at radius 3 is 2.83 bits per heavy atom. The summed E-state index contributed by atoms with van der Waals surface area (Å²) < 4.78 is 45.7. The van der Waals surface area contributed by atoms with Crippen molar-refractivity contribution in [3.05, 3.63) is 70.9 Å². The maximum absolute atomic E-state index is 12.6. The van der Waals surface area contributed by atoms with Crippen molar-refractivity contribution in [1.29, 1.82) is 0 Å². The highest BCUT2D eigenvalue weighted by Crippen LogP contribution is 2.32. The van der Waals surface area contributed by atoms with E-state index in [-0.39, 0.29) is 29.5 Å². The number of fused-ring (bicyclic) bond motifs is 1. The molecule has 29 heavy (non-hydrogen) atoms. The SMILES string of the molecule is COc1ccc2c(c1)OCC(/C=C1/N=C(c3ccccc3OC(F)F)OC1=O)=C2. The first kappa shape index (κ1) is 18.7. The van der Waals surface area contributed by atoms with Crippen LogP contribution in [0.25, 0.3) is 6.08 Å². The molecule has 0 unspecified atom stereocenters. The molecule has 4 rings (SSSR count). The van der Waals surface area contributed by atoms with Gasteiger partial charge in [0.05, 0.1) is 12.7 Å². The van der Waals surface area contributed by atoms with Crippen LogP contribution in [-0.4, -0.2) is 32.2 Å². The van der Waals surface area contributed by atoms with E-state index in [4.69, 9.17) is 14.2 Å². The first-order chi connectivity index (χ1) is 14.0. The lowest BCUT2D eigenvalue weighted by atomic mass is 10.1. The number of hydrogen-bond acceptors (Lipinski definition) is 6. The van der Waals surface area contributed by atoms with Gasteiger partial charge in [-0.1, -0.05) is 12.1 Å². The number of carbonyl (C=O) groups is 1. The summed E-state index contributed by atoms with van der Waals surface area (Å²) in [6.45, 7) is -2.78. The van der Waals surface area contributed by atoms with Crippen LogP contribution in [0.1, 0.15) is 11.1 Å². The van der Waals surface area contributed by atoms with E-state index in [0.717, 1.165) is 5.56 Å². The second-order valence-electron chi connectivity index (χ2n) is 6.12. The zero-order valence-electron chi connectivity index (χ0n) is 15.2. The molecule has 0 saturated carbocycles. The lowest BCUT2D eigenvalue weighted by molar-refractivity contribution is -0.130. The minimum absolute atomic E-state index is 0.0404. The summed E-state index contributed by atoms with van der Waals surface area (Å²) in [5.41, 5.74) is 1.74. The molecule has 0 atom stereocenters. The van der Waals surface area contributed by atoms with Gasteiger partial charge in [-0.25, -0.2) is 9.79 Å². The highest BCUT2D eigenvalue weighted by Gasteiger charge is 2.27. The van der Waals surface area contributed by atoms with Gasteiger partial charge in [0.1, 0.15) is 23.9 Å². The Labute approximate surface area is 164 Å². The van der Waals surface area contributed by atoms with Crippen molar-refractivity contribution in [1.82, 2.24) is 0 Å². The number of ether oxygens (including phenoxy) is 4. The lowest BCUT2D eigenvalue weighted by Gasteiger charge is -2.16. The number of esters is 1. The van der Waals surface area contributed by atoms with Gasteiger partial charge in [0.15, 0.2) is 5.70 Å². The molecule has 0 N–H and O–H groups in total. The highest BCUT2D eigenvalue weighted by molar-refractivity contribution is 6.12. The molecule has 0 radical (unpaired) electrons. The predicted octanol–water partition coefficient (Wildman–Crippen LogP) is 3.96. The number of cyclic esters (lactones) is 1. The summed E-state index contributed by atoms with van der Waals surface area (Å²) >= 11 is 0. The molecule has 0 spiro atoms. The van der Waals surface area contributed by atoms with E-state index in [1.54, 1.807) is 31.4 Å². The number of methoxy groups -OCH3 is 1. The molecule has 0 aromatic heterocycles. The molecule has 2 aromatic rings. The summed E-state index contributed by atoms with van der Waals surface area (Å²) in [4.78, 5) is 16.4. The number of carbonyl (C=O) groups excluding carboxylic acids is 1. The van der Waals surface area contributed by atoms with E-state index in [0.29, 0.717) is 17.1 Å². The summed E-state index contributed by atoms with van der Waals surface area (Å²) in [7, 11) is 1.57. The van der Waals surface area contributed by atoms with E-state index in [1.165, 1.54) is 18.2 Å². The van der Waals surface area contributed by atoms with Crippen LogP contribution in [0.3, 0.4) is 0 Å². The second kappa shape index (κ2) is 7.75. The fraction of sp³-hybridized carbons (Fsp3) is 0.143. The maximum Gasteiger partial charge on any atom is 0.387 e. The van der Waals surface area contributed by atoms with Crippen LogP contribution in [0.15, 0.2) is 64.8 Å². The average molecular weight is 399 g/mol. The van der Waals surface area contributed by atoms with E-state index in [2.05, 4.69) is 9.73 Å². The molecule has 6 nitrogen and oxygen atoms in total. The van der Waals surface area contributed by atoms with Crippen molar-refractivity contribution >= 4 is 17.9 Å². The van der Waals surface area contributed by atoms with Crippen LogP contribution in [0.2, 0.25) is 0 Å². The standard InChI is InChI=1S/C21H15F2NO5/c1-26-14-7-6-13-8-12(11-27-18(13)10-14)9-16-20(25)29-19(24-16)15-4-2-3-5-17(15)28-21(22)23/h2-10,21H,11H2,1H3/b16-9+. The number of para-hydroxylation sites is 1. The van der Waals surface area contributed by atoms with Gasteiger partial charge < -0.3 is 18.9 Å². The molecular formula is C21H15F2NO5. The van der Waals surface area contributed by atoms with Gasteiger partial charge in [-0.15, -0.1) is 0 Å². The van der Waals surface area contributed by atoms with Crippen LogP contribution in [0, 0.1) is 0 Å². The minimum Gasteiger partial charge on any atom is -0.497 e. The Bertz CT molecular complexity index is 1060. The molecule has 2 aliphatic rings. The van der Waals surface area contributed by atoms with Crippen LogP contribution in [-0.2, 0) is 9.53 Å². The van der Waals surface area contributed by atoms with Crippen LogP contribution >= 0.6 is 0 Å². The van der Waals surface area contributed by atoms with E-state index in [9.17, 15) is 13.6 Å². The number of hydrogen-bond donors (Lipinski definition) is 0. The van der Waals surface area contributed by atoms with Gasteiger partial charge in [-0.2, -0.15) is 8.78 Å². The van der Waals surface area contributed by atoms with Gasteiger partial charge in [-0.05, 0) is 42.0 Å². The summed E-state index contributed by atoms with van der Waals surface area (Å²) in [6.07, 6.45) is 3.40. The largest absolute Gasteiger partial charge is 0.497 e. The first-order valence-electron chi connectivity index (χ1n) is 8.61. The average Bonchev–Trinajstić information content (AvgIpc) is 3.07.